The van der Waals surface area contributed by atoms with Gasteiger partial charge in [0, 0.05) is 23.8 Å². The Morgan fingerprint density at radius 3 is 2.81 bits per heavy atom. The average Bonchev–Trinajstić information content (AvgIpc) is 2.85. The first kappa shape index (κ1) is 16.5. The van der Waals surface area contributed by atoms with E-state index in [0.29, 0.717) is 18.0 Å². The van der Waals surface area contributed by atoms with E-state index in [0.717, 1.165) is 6.54 Å². The van der Waals surface area contributed by atoms with Crippen molar-refractivity contribution in [1.29, 1.82) is 0 Å². The summed E-state index contributed by atoms with van der Waals surface area (Å²) in [5.41, 5.74) is 1.40. The maximum absolute atomic E-state index is 4.58. The molecular weight excluding hydrogens is 260 g/mol. The summed E-state index contributed by atoms with van der Waals surface area (Å²) in [6, 6.07) is 0.958. The first-order valence-corrected chi connectivity index (χ1v) is 8.60. The van der Waals surface area contributed by atoms with Crippen LogP contribution in [0.4, 0.5) is 0 Å². The lowest BCUT2D eigenvalue weighted by Gasteiger charge is -2.34. The Bertz CT molecular complexity index is 397. The molecule has 2 heterocycles. The van der Waals surface area contributed by atoms with Gasteiger partial charge in [-0.3, -0.25) is 9.58 Å². The number of hydrogen-bond acceptors (Lipinski definition) is 3. The molecular formula is C17H32N4. The van der Waals surface area contributed by atoms with Gasteiger partial charge in [0.25, 0.3) is 0 Å². The first-order chi connectivity index (χ1) is 10.2. The molecule has 0 bridgehead atoms. The molecule has 2 unspecified atom stereocenters. The molecule has 2 rings (SSSR count). The van der Waals surface area contributed by atoms with Crippen molar-refractivity contribution in [2.75, 3.05) is 26.7 Å². The first-order valence-electron chi connectivity index (χ1n) is 8.60. The van der Waals surface area contributed by atoms with Gasteiger partial charge in [0.15, 0.2) is 0 Å². The molecule has 1 fully saturated rings. The smallest absolute Gasteiger partial charge is 0.0537 e. The summed E-state index contributed by atoms with van der Waals surface area (Å²) in [6.07, 6.45) is 9.59. The van der Waals surface area contributed by atoms with Gasteiger partial charge in [0.05, 0.1) is 6.20 Å². The van der Waals surface area contributed by atoms with Gasteiger partial charge in [-0.15, -0.1) is 0 Å². The van der Waals surface area contributed by atoms with Crippen molar-refractivity contribution in [3.8, 4) is 0 Å². The van der Waals surface area contributed by atoms with Crippen molar-refractivity contribution < 1.29 is 0 Å². The van der Waals surface area contributed by atoms with Crippen molar-refractivity contribution in [3.05, 3.63) is 18.0 Å². The third-order valence-corrected chi connectivity index (χ3v) is 4.58. The largest absolute Gasteiger partial charge is 0.319 e. The second-order valence-electron chi connectivity index (χ2n) is 6.64. The topological polar surface area (TPSA) is 33.1 Å². The highest BCUT2D eigenvalue weighted by Crippen LogP contribution is 2.35. The molecule has 1 aliphatic heterocycles. The Kier molecular flexibility index (Phi) is 6.24. The molecule has 0 aliphatic carbocycles. The number of hydrogen-bond donors (Lipinski definition) is 1. The fourth-order valence-corrected chi connectivity index (χ4v) is 3.60. The van der Waals surface area contributed by atoms with Crippen LogP contribution in [-0.2, 0) is 0 Å². The normalized spacial score (nSPS) is 24.4. The second kappa shape index (κ2) is 7.95. The summed E-state index contributed by atoms with van der Waals surface area (Å²) in [4.78, 5) is 2.69. The highest BCUT2D eigenvalue weighted by molar-refractivity contribution is 5.13. The highest BCUT2D eigenvalue weighted by Gasteiger charge is 2.31. The van der Waals surface area contributed by atoms with Gasteiger partial charge in [-0.25, -0.2) is 0 Å². The molecule has 0 aromatic carbocycles. The molecule has 0 radical (unpaired) electrons. The molecule has 0 saturated carbocycles. The van der Waals surface area contributed by atoms with Crippen LogP contribution < -0.4 is 5.32 Å². The lowest BCUT2D eigenvalue weighted by atomic mass is 9.90. The number of nitrogens with zero attached hydrogens (tertiary/aromatic N) is 3. The lowest BCUT2D eigenvalue weighted by molar-refractivity contribution is 0.154. The van der Waals surface area contributed by atoms with E-state index in [-0.39, 0.29) is 0 Å². The van der Waals surface area contributed by atoms with Gasteiger partial charge in [0.2, 0.25) is 0 Å². The van der Waals surface area contributed by atoms with Gasteiger partial charge < -0.3 is 5.32 Å². The van der Waals surface area contributed by atoms with Crippen molar-refractivity contribution in [2.24, 2.45) is 5.92 Å². The minimum absolute atomic E-state index is 0.437. The third-order valence-electron chi connectivity index (χ3n) is 4.58. The van der Waals surface area contributed by atoms with E-state index in [1.165, 1.54) is 44.3 Å². The molecule has 120 valence electrons. The van der Waals surface area contributed by atoms with Crippen molar-refractivity contribution in [3.63, 3.8) is 0 Å². The van der Waals surface area contributed by atoms with Crippen molar-refractivity contribution in [1.82, 2.24) is 20.0 Å². The summed E-state index contributed by atoms with van der Waals surface area (Å²) in [5.74, 6) is 0.689. The Morgan fingerprint density at radius 2 is 2.19 bits per heavy atom. The zero-order chi connectivity index (χ0) is 15.2. The fourth-order valence-electron chi connectivity index (χ4n) is 3.60. The van der Waals surface area contributed by atoms with E-state index in [9.17, 15) is 0 Å². The van der Waals surface area contributed by atoms with Gasteiger partial charge >= 0.3 is 0 Å². The number of aromatic nitrogens is 2. The van der Waals surface area contributed by atoms with E-state index >= 15 is 0 Å². The van der Waals surface area contributed by atoms with Crippen LogP contribution in [0.25, 0.3) is 0 Å². The van der Waals surface area contributed by atoms with Crippen molar-refractivity contribution in [2.45, 2.75) is 58.5 Å². The summed E-state index contributed by atoms with van der Waals surface area (Å²) in [6.45, 7) is 10.2. The molecule has 1 aliphatic rings. The maximum Gasteiger partial charge on any atom is 0.0537 e. The summed E-state index contributed by atoms with van der Waals surface area (Å²) in [5, 5.41) is 7.98. The van der Waals surface area contributed by atoms with Crippen LogP contribution in [0, 0.1) is 5.92 Å². The summed E-state index contributed by atoms with van der Waals surface area (Å²) < 4.78 is 2.10. The van der Waals surface area contributed by atoms with E-state index in [1.54, 1.807) is 0 Å². The molecule has 21 heavy (non-hydrogen) atoms. The predicted octanol–water partition coefficient (Wildman–Crippen LogP) is 3.24. The van der Waals surface area contributed by atoms with Gasteiger partial charge in [0.1, 0.15) is 0 Å². The molecule has 4 heteroatoms. The van der Waals surface area contributed by atoms with E-state index in [2.05, 4.69) is 60.2 Å². The zero-order valence-electron chi connectivity index (χ0n) is 14.2. The highest BCUT2D eigenvalue weighted by atomic mass is 15.3. The maximum atomic E-state index is 4.58. The Labute approximate surface area is 129 Å². The van der Waals surface area contributed by atoms with Gasteiger partial charge in [-0.05, 0) is 65.7 Å². The molecule has 1 saturated heterocycles. The fraction of sp³-hybridized carbons (Fsp3) is 0.824. The van der Waals surface area contributed by atoms with Crippen molar-refractivity contribution >= 4 is 0 Å². The zero-order valence-corrected chi connectivity index (χ0v) is 14.2. The molecule has 2 atom stereocenters. The quantitative estimate of drug-likeness (QED) is 0.874. The predicted molar refractivity (Wildman–Crippen MR) is 88.5 cm³/mol. The number of rotatable bonds is 6. The Morgan fingerprint density at radius 1 is 1.38 bits per heavy atom. The van der Waals surface area contributed by atoms with Crippen LogP contribution in [0.15, 0.2) is 12.4 Å². The van der Waals surface area contributed by atoms with E-state index in [1.807, 2.05) is 0 Å². The van der Waals surface area contributed by atoms with E-state index < -0.39 is 0 Å². The lowest BCUT2D eigenvalue weighted by Crippen LogP contribution is -2.36. The minimum Gasteiger partial charge on any atom is -0.319 e. The van der Waals surface area contributed by atoms with Crippen LogP contribution in [0.2, 0.25) is 0 Å². The standard InChI is InChI=1S/C17H32N4/c1-5-9-20-10-7-6-8-15(11-18-4)17(20)16-12-19-21(13-16)14(2)3/h12-15,17-18H,5-11H2,1-4H3. The number of likely N-dealkylation sites (tertiary alicyclic amines) is 1. The second-order valence-corrected chi connectivity index (χ2v) is 6.64. The molecule has 4 nitrogen and oxygen atoms in total. The van der Waals surface area contributed by atoms with Crippen LogP contribution in [-0.4, -0.2) is 41.4 Å². The molecule has 1 N–H and O–H groups in total. The molecule has 1 aromatic heterocycles. The average molecular weight is 292 g/mol. The number of nitrogens with one attached hydrogen (secondary N) is 1. The monoisotopic (exact) mass is 292 g/mol. The van der Waals surface area contributed by atoms with Crippen LogP contribution in [0.3, 0.4) is 0 Å². The Hall–Kier alpha value is -0.870. The van der Waals surface area contributed by atoms with Gasteiger partial charge in [-0.2, -0.15) is 5.10 Å². The van der Waals surface area contributed by atoms with E-state index in [4.69, 9.17) is 0 Å². The summed E-state index contributed by atoms with van der Waals surface area (Å²) in [7, 11) is 2.07. The van der Waals surface area contributed by atoms with Crippen LogP contribution in [0.1, 0.15) is 64.1 Å². The molecule has 0 amide bonds. The minimum atomic E-state index is 0.437. The van der Waals surface area contributed by atoms with Crippen LogP contribution in [0.5, 0.6) is 0 Å². The molecule has 1 aromatic rings. The van der Waals surface area contributed by atoms with Gasteiger partial charge in [-0.1, -0.05) is 13.3 Å². The SMILES string of the molecule is CCCN1CCCCC(CNC)C1c1cnn(C(C)C)c1. The molecule has 0 spiro atoms. The Balaban J connectivity index is 2.27. The summed E-state index contributed by atoms with van der Waals surface area (Å²) >= 11 is 0. The third kappa shape index (κ3) is 4.07. The van der Waals surface area contributed by atoms with Crippen LogP contribution >= 0.6 is 0 Å².